The highest BCUT2D eigenvalue weighted by atomic mass is 16.7. The van der Waals surface area contributed by atoms with Crippen LogP contribution in [0.1, 0.15) is 74.8 Å². The van der Waals surface area contributed by atoms with Gasteiger partial charge < -0.3 is 34.5 Å². The van der Waals surface area contributed by atoms with Gasteiger partial charge in [-0.15, -0.1) is 6.58 Å². The maximum Gasteiger partial charge on any atom is 0.239 e. The van der Waals surface area contributed by atoms with Gasteiger partial charge in [-0.3, -0.25) is 4.79 Å². The van der Waals surface area contributed by atoms with Crippen molar-refractivity contribution >= 4 is 11.6 Å². The summed E-state index contributed by atoms with van der Waals surface area (Å²) in [6.07, 6.45) is 11.0. The number of oxime groups is 1. The number of fused-ring (bicyclic) bond motifs is 2. The van der Waals surface area contributed by atoms with Crippen LogP contribution in [0.3, 0.4) is 0 Å². The molecule has 1 heterocycles. The molecule has 6 atom stereocenters. The van der Waals surface area contributed by atoms with Gasteiger partial charge in [-0.2, -0.15) is 0 Å². The van der Waals surface area contributed by atoms with Gasteiger partial charge in [0.1, 0.15) is 24.1 Å². The predicted octanol–water partition coefficient (Wildman–Crippen LogP) is 6.09. The quantitative estimate of drug-likeness (QED) is 0.113. The monoisotopic (exact) mass is 658 g/mol. The van der Waals surface area contributed by atoms with Gasteiger partial charge in [-0.05, 0) is 79.7 Å². The van der Waals surface area contributed by atoms with E-state index in [-0.39, 0.29) is 61.1 Å². The predicted molar refractivity (Wildman–Crippen MR) is 183 cm³/mol. The SMILES string of the molecule is C=CCO[C@@]12Oc3ccc(O)cc3[C@H]3[C@H](CCCCO)[C@@H](CCCCO)C=C(C(=NOCc4ccccc4)C[C@@H]1N(C)C(=O)C1CC1)[C@H]32. The molecule has 1 amide bonds. The summed E-state index contributed by atoms with van der Waals surface area (Å²) in [5.74, 6) is -0.637. The molecule has 258 valence electrons. The summed E-state index contributed by atoms with van der Waals surface area (Å²) in [4.78, 5) is 21.7. The first-order valence-corrected chi connectivity index (χ1v) is 17.6. The van der Waals surface area contributed by atoms with Crippen LogP contribution in [-0.4, -0.2) is 70.5 Å². The molecule has 2 aromatic rings. The van der Waals surface area contributed by atoms with Crippen LogP contribution in [-0.2, 0) is 21.0 Å². The lowest BCUT2D eigenvalue weighted by Gasteiger charge is -2.59. The molecule has 0 radical (unpaired) electrons. The molecule has 3 aliphatic carbocycles. The summed E-state index contributed by atoms with van der Waals surface area (Å²) >= 11 is 0. The number of ether oxygens (including phenoxy) is 2. The average molecular weight is 659 g/mol. The zero-order chi connectivity index (χ0) is 33.7. The topological polar surface area (TPSA) is 121 Å². The van der Waals surface area contributed by atoms with Crippen LogP contribution in [0, 0.1) is 23.7 Å². The number of rotatable bonds is 16. The molecule has 9 nitrogen and oxygen atoms in total. The van der Waals surface area contributed by atoms with E-state index >= 15 is 0 Å². The number of aliphatic hydroxyl groups is 2. The van der Waals surface area contributed by atoms with Gasteiger partial charge in [0, 0.05) is 44.1 Å². The van der Waals surface area contributed by atoms with Crippen LogP contribution in [0.4, 0.5) is 0 Å². The third-order valence-electron chi connectivity index (χ3n) is 10.6. The van der Waals surface area contributed by atoms with E-state index in [9.17, 15) is 20.1 Å². The van der Waals surface area contributed by atoms with Gasteiger partial charge >= 0.3 is 0 Å². The van der Waals surface area contributed by atoms with Crippen LogP contribution in [0.2, 0.25) is 0 Å². The number of benzene rings is 2. The number of carbonyl (C=O) groups is 1. The number of aliphatic hydroxyl groups excluding tert-OH is 2. The minimum absolute atomic E-state index is 0.00442. The number of hydrogen-bond acceptors (Lipinski definition) is 8. The van der Waals surface area contributed by atoms with Crippen molar-refractivity contribution < 1.29 is 34.4 Å². The van der Waals surface area contributed by atoms with Crippen molar-refractivity contribution in [3.63, 3.8) is 0 Å². The Bertz CT molecular complexity index is 1490. The number of allylic oxidation sites excluding steroid dienone is 1. The fourth-order valence-corrected chi connectivity index (χ4v) is 8.27. The molecule has 0 spiro atoms. The molecule has 48 heavy (non-hydrogen) atoms. The van der Waals surface area contributed by atoms with Crippen LogP contribution in [0.15, 0.2) is 78.0 Å². The summed E-state index contributed by atoms with van der Waals surface area (Å²) < 4.78 is 13.9. The zero-order valence-electron chi connectivity index (χ0n) is 28.0. The lowest BCUT2D eigenvalue weighted by molar-refractivity contribution is -0.255. The number of hydrogen-bond donors (Lipinski definition) is 3. The van der Waals surface area contributed by atoms with Crippen molar-refractivity contribution in [3.8, 4) is 11.5 Å². The largest absolute Gasteiger partial charge is 0.508 e. The standard InChI is InChI=1S/C39H50N2O7/c1-3-21-46-39-35(41(2)38(45)27-15-16-27)24-33(40-47-25-26-11-5-4-6-12-26)31-22-28(13-7-9-19-42)30(14-8-10-20-43)36(37(31)39)32-23-29(44)17-18-34(32)48-39/h3-6,11-12,17-18,22-23,27-28,30,35-37,42-44H,1,7-10,13-16,19-21,24-25H2,2H3/t28-,30+,35-,36+,37+,39+/m0/s1. The van der Waals surface area contributed by atoms with Gasteiger partial charge in [0.05, 0.1) is 18.2 Å². The number of nitrogens with zero attached hydrogens (tertiary/aromatic N) is 2. The Morgan fingerprint density at radius 3 is 2.54 bits per heavy atom. The van der Waals surface area contributed by atoms with E-state index in [1.807, 2.05) is 54.4 Å². The molecule has 2 saturated carbocycles. The van der Waals surface area contributed by atoms with E-state index in [1.165, 1.54) is 0 Å². The fourth-order valence-electron chi connectivity index (χ4n) is 8.27. The molecule has 0 aromatic heterocycles. The van der Waals surface area contributed by atoms with Gasteiger partial charge in [0.15, 0.2) is 0 Å². The number of likely N-dealkylation sites (N-methyl/N-ethyl adjacent to an activating group) is 1. The first-order chi connectivity index (χ1) is 23.4. The lowest BCUT2D eigenvalue weighted by atomic mass is 9.55. The van der Waals surface area contributed by atoms with Crippen molar-refractivity contribution in [3.05, 3.63) is 84.0 Å². The van der Waals surface area contributed by atoms with Crippen molar-refractivity contribution in [2.45, 2.75) is 82.1 Å². The second-order valence-electron chi connectivity index (χ2n) is 13.8. The smallest absolute Gasteiger partial charge is 0.239 e. The summed E-state index contributed by atoms with van der Waals surface area (Å²) in [6, 6.07) is 14.7. The summed E-state index contributed by atoms with van der Waals surface area (Å²) in [5.41, 5.74) is 3.67. The number of unbranched alkanes of at least 4 members (excludes halogenated alkanes) is 2. The second kappa shape index (κ2) is 15.3. The summed E-state index contributed by atoms with van der Waals surface area (Å²) in [5, 5.41) is 35.0. The van der Waals surface area contributed by atoms with Gasteiger partial charge in [-0.25, -0.2) is 0 Å². The highest BCUT2D eigenvalue weighted by Crippen LogP contribution is 2.62. The molecule has 2 aromatic carbocycles. The molecule has 0 saturated heterocycles. The average Bonchev–Trinajstić information content (AvgIpc) is 3.95. The van der Waals surface area contributed by atoms with Gasteiger partial charge in [0.25, 0.3) is 0 Å². The van der Waals surface area contributed by atoms with Gasteiger partial charge in [0.2, 0.25) is 11.7 Å². The molecule has 2 fully saturated rings. The van der Waals surface area contributed by atoms with E-state index < -0.39 is 11.8 Å². The number of carbonyl (C=O) groups excluding carboxylic acids is 1. The lowest BCUT2D eigenvalue weighted by Crippen LogP contribution is -2.69. The minimum atomic E-state index is -1.25. The summed E-state index contributed by atoms with van der Waals surface area (Å²) in [7, 11) is 1.85. The molecule has 0 bridgehead atoms. The Balaban J connectivity index is 1.53. The molecule has 6 rings (SSSR count). The Kier molecular flexibility index (Phi) is 10.9. The molecule has 0 unspecified atom stereocenters. The van der Waals surface area contributed by atoms with E-state index in [4.69, 9.17) is 19.5 Å². The van der Waals surface area contributed by atoms with Crippen LogP contribution in [0.25, 0.3) is 0 Å². The molecule has 4 aliphatic rings. The maximum absolute atomic E-state index is 13.8. The molecule has 3 N–H and O–H groups in total. The number of amides is 1. The number of aromatic hydroxyl groups is 1. The highest BCUT2D eigenvalue weighted by molar-refractivity contribution is 6.03. The maximum atomic E-state index is 13.8. The van der Waals surface area contributed by atoms with E-state index in [2.05, 4.69) is 12.7 Å². The van der Waals surface area contributed by atoms with Crippen molar-refractivity contribution in [2.75, 3.05) is 26.9 Å². The van der Waals surface area contributed by atoms with E-state index in [0.29, 0.717) is 31.6 Å². The second-order valence-corrected chi connectivity index (χ2v) is 13.8. The number of phenolic OH excluding ortho intramolecular Hbond substituents is 1. The van der Waals surface area contributed by atoms with Crippen LogP contribution < -0.4 is 4.74 Å². The third-order valence-corrected chi connectivity index (χ3v) is 10.6. The van der Waals surface area contributed by atoms with Crippen molar-refractivity contribution in [2.24, 2.45) is 28.8 Å². The Hall–Kier alpha value is -3.66. The van der Waals surface area contributed by atoms with Crippen LogP contribution in [0.5, 0.6) is 11.5 Å². The Labute approximate surface area is 283 Å². The highest BCUT2D eigenvalue weighted by Gasteiger charge is 2.65. The number of phenols is 1. The van der Waals surface area contributed by atoms with Crippen molar-refractivity contribution in [1.82, 2.24) is 4.90 Å². The Morgan fingerprint density at radius 2 is 1.83 bits per heavy atom. The summed E-state index contributed by atoms with van der Waals surface area (Å²) in [6.45, 7) is 4.74. The zero-order valence-corrected chi connectivity index (χ0v) is 28.0. The normalized spacial score (nSPS) is 28.1. The first-order valence-electron chi connectivity index (χ1n) is 17.6. The molecular weight excluding hydrogens is 608 g/mol. The molecule has 9 heteroatoms. The van der Waals surface area contributed by atoms with E-state index in [1.54, 1.807) is 12.1 Å². The molecule has 1 aliphatic heterocycles. The minimum Gasteiger partial charge on any atom is -0.508 e. The van der Waals surface area contributed by atoms with Gasteiger partial charge in [-0.1, -0.05) is 60.5 Å². The van der Waals surface area contributed by atoms with Crippen LogP contribution >= 0.6 is 0 Å². The first kappa shape index (κ1) is 34.2. The Morgan fingerprint density at radius 1 is 1.08 bits per heavy atom. The van der Waals surface area contributed by atoms with E-state index in [0.717, 1.165) is 60.9 Å². The third kappa shape index (κ3) is 6.91. The van der Waals surface area contributed by atoms with Crippen molar-refractivity contribution in [1.29, 1.82) is 0 Å². The molecular formula is C39H50N2O7. The fraction of sp³-hybridized carbons (Fsp3) is 0.538.